The number of nitrogens with one attached hydrogen (secondary N) is 1. The molecular formula is C21H17F3N4OS2. The average Bonchev–Trinajstić information content (AvgIpc) is 3.13. The molecule has 160 valence electrons. The first-order chi connectivity index (χ1) is 14.9. The van der Waals surface area contributed by atoms with E-state index < -0.39 is 12.7 Å². The Balaban J connectivity index is 1.74. The summed E-state index contributed by atoms with van der Waals surface area (Å²) in [5, 5.41) is 11.6. The van der Waals surface area contributed by atoms with Crippen LogP contribution in [0.2, 0.25) is 0 Å². The van der Waals surface area contributed by atoms with Gasteiger partial charge in [-0.15, -0.1) is 11.8 Å². The van der Waals surface area contributed by atoms with Crippen LogP contribution in [0.5, 0.6) is 0 Å². The SMILES string of the molecule is N#CCSc1ccccc1NC(=O)CSc1ncc(-c2ccccc2)n1CC(F)(F)F. The zero-order chi connectivity index (χ0) is 22.3. The number of amides is 1. The standard InChI is InChI=1S/C21H17F3N4OS2/c22-21(23,24)14-28-17(15-6-2-1-3-7-15)12-26-20(28)31-13-19(29)27-16-8-4-5-9-18(16)30-11-10-25/h1-9,12H,11,13-14H2,(H,27,29). The van der Waals surface area contributed by atoms with E-state index in [0.717, 1.165) is 21.2 Å². The van der Waals surface area contributed by atoms with E-state index in [0.29, 0.717) is 16.9 Å². The summed E-state index contributed by atoms with van der Waals surface area (Å²) in [4.78, 5) is 17.3. The van der Waals surface area contributed by atoms with Crippen molar-refractivity contribution in [3.05, 3.63) is 60.8 Å². The Labute approximate surface area is 185 Å². The molecule has 0 fully saturated rings. The number of thioether (sulfide) groups is 2. The highest BCUT2D eigenvalue weighted by Gasteiger charge is 2.31. The summed E-state index contributed by atoms with van der Waals surface area (Å²) in [5.74, 6) is -0.253. The number of hydrogen-bond donors (Lipinski definition) is 1. The zero-order valence-electron chi connectivity index (χ0n) is 16.1. The Hall–Kier alpha value is -2.90. The number of para-hydroxylation sites is 1. The van der Waals surface area contributed by atoms with Gasteiger partial charge in [-0.1, -0.05) is 54.2 Å². The number of aromatic nitrogens is 2. The van der Waals surface area contributed by atoms with E-state index in [9.17, 15) is 18.0 Å². The molecular weight excluding hydrogens is 445 g/mol. The molecule has 0 bridgehead atoms. The van der Waals surface area contributed by atoms with Crippen molar-refractivity contribution >= 4 is 35.1 Å². The Bertz CT molecular complexity index is 1080. The van der Waals surface area contributed by atoms with Crippen LogP contribution in [0.3, 0.4) is 0 Å². The molecule has 1 amide bonds. The van der Waals surface area contributed by atoms with Crippen LogP contribution in [0.1, 0.15) is 0 Å². The lowest BCUT2D eigenvalue weighted by Crippen LogP contribution is -2.20. The Kier molecular flexibility index (Phi) is 7.65. The molecule has 5 nitrogen and oxygen atoms in total. The second-order valence-electron chi connectivity index (χ2n) is 6.27. The Morgan fingerprint density at radius 3 is 2.52 bits per heavy atom. The molecule has 0 saturated heterocycles. The predicted molar refractivity (Wildman–Crippen MR) is 116 cm³/mol. The average molecular weight is 463 g/mol. The summed E-state index contributed by atoms with van der Waals surface area (Å²) in [6, 6.07) is 17.7. The molecule has 1 N–H and O–H groups in total. The van der Waals surface area contributed by atoms with Gasteiger partial charge >= 0.3 is 6.18 Å². The molecule has 0 unspecified atom stereocenters. The highest BCUT2D eigenvalue weighted by atomic mass is 32.2. The minimum atomic E-state index is -4.43. The minimum Gasteiger partial charge on any atom is -0.324 e. The maximum Gasteiger partial charge on any atom is 0.406 e. The van der Waals surface area contributed by atoms with Crippen LogP contribution in [0.4, 0.5) is 18.9 Å². The summed E-state index contributed by atoms with van der Waals surface area (Å²) in [6.45, 7) is -1.20. The first-order valence-corrected chi connectivity index (χ1v) is 11.0. The van der Waals surface area contributed by atoms with Crippen LogP contribution in [0.25, 0.3) is 11.3 Å². The number of hydrogen-bond acceptors (Lipinski definition) is 5. The summed E-state index contributed by atoms with van der Waals surface area (Å²) in [6.07, 6.45) is -3.05. The fraction of sp³-hybridized carbons (Fsp3) is 0.190. The Morgan fingerprint density at radius 1 is 1.10 bits per heavy atom. The van der Waals surface area contributed by atoms with Crippen molar-refractivity contribution < 1.29 is 18.0 Å². The van der Waals surface area contributed by atoms with Gasteiger partial charge in [-0.3, -0.25) is 4.79 Å². The molecule has 3 rings (SSSR count). The van der Waals surface area contributed by atoms with E-state index in [-0.39, 0.29) is 22.6 Å². The normalized spacial score (nSPS) is 11.2. The van der Waals surface area contributed by atoms with Gasteiger partial charge in [0.25, 0.3) is 0 Å². The molecule has 1 aromatic heterocycles. The lowest BCUT2D eigenvalue weighted by Gasteiger charge is -2.14. The maximum absolute atomic E-state index is 13.2. The fourth-order valence-electron chi connectivity index (χ4n) is 2.77. The number of alkyl halides is 3. The largest absolute Gasteiger partial charge is 0.406 e. The summed E-state index contributed by atoms with van der Waals surface area (Å²) >= 11 is 2.22. The van der Waals surface area contributed by atoms with Gasteiger partial charge in [-0.2, -0.15) is 18.4 Å². The van der Waals surface area contributed by atoms with E-state index in [4.69, 9.17) is 5.26 Å². The quantitative estimate of drug-likeness (QED) is 0.450. The number of benzene rings is 2. The fourth-order valence-corrected chi connectivity index (χ4v) is 4.22. The van der Waals surface area contributed by atoms with Crippen LogP contribution in [-0.4, -0.2) is 33.1 Å². The molecule has 1 heterocycles. The van der Waals surface area contributed by atoms with Crippen molar-refractivity contribution in [3.63, 3.8) is 0 Å². The molecule has 0 aliphatic rings. The van der Waals surface area contributed by atoms with Gasteiger partial charge in [0.05, 0.1) is 35.2 Å². The van der Waals surface area contributed by atoms with E-state index in [1.54, 1.807) is 54.6 Å². The Morgan fingerprint density at radius 2 is 1.81 bits per heavy atom. The number of anilines is 1. The first-order valence-electron chi connectivity index (χ1n) is 9.06. The second kappa shape index (κ2) is 10.4. The van der Waals surface area contributed by atoms with Gasteiger partial charge in [0, 0.05) is 4.90 Å². The predicted octanol–water partition coefficient (Wildman–Crippen LogP) is 5.46. The van der Waals surface area contributed by atoms with Crippen LogP contribution in [0, 0.1) is 11.3 Å². The van der Waals surface area contributed by atoms with Gasteiger partial charge in [-0.05, 0) is 17.7 Å². The van der Waals surface area contributed by atoms with Crippen molar-refractivity contribution in [2.75, 3.05) is 16.8 Å². The number of carbonyl (C=O) groups excluding carboxylic acids is 1. The van der Waals surface area contributed by atoms with Crippen LogP contribution >= 0.6 is 23.5 Å². The summed E-state index contributed by atoms with van der Waals surface area (Å²) in [7, 11) is 0. The molecule has 3 aromatic rings. The number of imidazole rings is 1. The van der Waals surface area contributed by atoms with Crippen molar-refractivity contribution in [3.8, 4) is 17.3 Å². The molecule has 0 spiro atoms. The third-order valence-corrected chi connectivity index (χ3v) is 5.94. The third kappa shape index (κ3) is 6.54. The van der Waals surface area contributed by atoms with Crippen LogP contribution in [0.15, 0.2) is 70.8 Å². The second-order valence-corrected chi connectivity index (χ2v) is 8.23. The van der Waals surface area contributed by atoms with Crippen LogP contribution < -0.4 is 5.32 Å². The molecule has 31 heavy (non-hydrogen) atoms. The smallest absolute Gasteiger partial charge is 0.324 e. The number of nitriles is 1. The molecule has 10 heteroatoms. The van der Waals surface area contributed by atoms with E-state index in [1.165, 1.54) is 18.0 Å². The number of nitrogens with zero attached hydrogens (tertiary/aromatic N) is 3. The highest BCUT2D eigenvalue weighted by molar-refractivity contribution is 8.00. The van der Waals surface area contributed by atoms with Gasteiger partial charge in [0.15, 0.2) is 5.16 Å². The lowest BCUT2D eigenvalue weighted by molar-refractivity contribution is -0.141. The van der Waals surface area contributed by atoms with Gasteiger partial charge in [0.1, 0.15) is 6.54 Å². The number of rotatable bonds is 8. The topological polar surface area (TPSA) is 70.7 Å². The first kappa shape index (κ1) is 22.8. The molecule has 0 aliphatic heterocycles. The molecule has 0 aliphatic carbocycles. The number of carbonyl (C=O) groups is 1. The van der Waals surface area contributed by atoms with Gasteiger partial charge in [-0.25, -0.2) is 4.98 Å². The van der Waals surface area contributed by atoms with Gasteiger partial charge < -0.3 is 9.88 Å². The molecule has 0 saturated carbocycles. The van der Waals surface area contributed by atoms with Crippen molar-refractivity contribution in [1.29, 1.82) is 5.26 Å². The van der Waals surface area contributed by atoms with E-state index in [2.05, 4.69) is 10.3 Å². The minimum absolute atomic E-state index is 0.110. The highest BCUT2D eigenvalue weighted by Crippen LogP contribution is 2.31. The van der Waals surface area contributed by atoms with Crippen molar-refractivity contribution in [2.45, 2.75) is 22.8 Å². The maximum atomic E-state index is 13.2. The molecule has 0 atom stereocenters. The van der Waals surface area contributed by atoms with Crippen molar-refractivity contribution in [2.24, 2.45) is 0 Å². The summed E-state index contributed by atoms with van der Waals surface area (Å²) < 4.78 is 40.6. The summed E-state index contributed by atoms with van der Waals surface area (Å²) in [5.41, 5.74) is 1.50. The van der Waals surface area contributed by atoms with Crippen molar-refractivity contribution in [1.82, 2.24) is 9.55 Å². The third-order valence-electron chi connectivity index (χ3n) is 4.01. The van der Waals surface area contributed by atoms with E-state index in [1.807, 2.05) is 6.07 Å². The van der Waals surface area contributed by atoms with Crippen LogP contribution in [-0.2, 0) is 11.3 Å². The molecule has 0 radical (unpaired) electrons. The lowest BCUT2D eigenvalue weighted by atomic mass is 10.2. The molecule has 2 aromatic carbocycles. The zero-order valence-corrected chi connectivity index (χ0v) is 17.7. The monoisotopic (exact) mass is 462 g/mol. The van der Waals surface area contributed by atoms with Gasteiger partial charge in [0.2, 0.25) is 5.91 Å². The van der Waals surface area contributed by atoms with E-state index >= 15 is 0 Å². The number of halogens is 3.